The standard InChI is InChI=1S/C20H22N2O6S/c1-12-16(19(25)28-10-9-26-2)17(22-15(23)8-11-29-20(22)21-12)13-4-6-14(7-5-13)18(24)27-3/h4-7,17H,8-11H2,1-3H3/t17-/m0/s1. The number of aliphatic imine (C=N–C) groups is 1. The minimum atomic E-state index is -0.676. The zero-order valence-electron chi connectivity index (χ0n) is 16.5. The maximum Gasteiger partial charge on any atom is 0.338 e. The summed E-state index contributed by atoms with van der Waals surface area (Å²) in [6.45, 7) is 2.09. The smallest absolute Gasteiger partial charge is 0.338 e. The molecular weight excluding hydrogens is 396 g/mol. The molecule has 0 spiro atoms. The average Bonchev–Trinajstić information content (AvgIpc) is 2.72. The Morgan fingerprint density at radius 1 is 1.17 bits per heavy atom. The van der Waals surface area contributed by atoms with E-state index in [4.69, 9.17) is 14.2 Å². The normalized spacial score (nSPS) is 18.9. The molecule has 1 atom stereocenters. The summed E-state index contributed by atoms with van der Waals surface area (Å²) in [5.41, 5.74) is 1.86. The highest BCUT2D eigenvalue weighted by molar-refractivity contribution is 8.14. The van der Waals surface area contributed by atoms with E-state index in [1.807, 2.05) is 0 Å². The SMILES string of the molecule is COCCOC(=O)C1=C(C)N=C2SCCC(=O)N2[C@H]1c1ccc(C(=O)OC)cc1. The average molecular weight is 418 g/mol. The molecule has 8 nitrogen and oxygen atoms in total. The Hall–Kier alpha value is -2.65. The second kappa shape index (κ2) is 9.23. The molecule has 9 heteroatoms. The molecule has 2 aliphatic heterocycles. The first-order valence-corrected chi connectivity index (χ1v) is 10.0. The van der Waals surface area contributed by atoms with Crippen molar-refractivity contribution in [2.75, 3.05) is 33.2 Å². The maximum atomic E-state index is 12.8. The van der Waals surface area contributed by atoms with Crippen LogP contribution < -0.4 is 0 Å². The molecule has 3 rings (SSSR count). The number of esters is 2. The van der Waals surface area contributed by atoms with Gasteiger partial charge in [-0.2, -0.15) is 0 Å². The first-order chi connectivity index (χ1) is 14.0. The van der Waals surface area contributed by atoms with Crippen LogP contribution in [0.1, 0.15) is 35.3 Å². The van der Waals surface area contributed by atoms with Crippen molar-refractivity contribution in [3.63, 3.8) is 0 Å². The van der Waals surface area contributed by atoms with Gasteiger partial charge in [0, 0.05) is 19.3 Å². The Bertz CT molecular complexity index is 877. The molecule has 1 aromatic rings. The third-order valence-electron chi connectivity index (χ3n) is 4.59. The molecule has 1 amide bonds. The Balaban J connectivity index is 2.02. The van der Waals surface area contributed by atoms with E-state index >= 15 is 0 Å². The van der Waals surface area contributed by atoms with E-state index in [2.05, 4.69) is 4.99 Å². The zero-order valence-corrected chi connectivity index (χ0v) is 17.3. The summed E-state index contributed by atoms with van der Waals surface area (Å²) < 4.78 is 15.0. The van der Waals surface area contributed by atoms with Gasteiger partial charge >= 0.3 is 11.9 Å². The molecule has 1 aromatic carbocycles. The van der Waals surface area contributed by atoms with Crippen LogP contribution in [0.15, 0.2) is 40.5 Å². The predicted molar refractivity (Wildman–Crippen MR) is 107 cm³/mol. The number of amides is 1. The lowest BCUT2D eigenvalue weighted by molar-refractivity contribution is -0.141. The van der Waals surface area contributed by atoms with E-state index in [0.717, 1.165) is 0 Å². The molecule has 0 unspecified atom stereocenters. The fourth-order valence-electron chi connectivity index (χ4n) is 3.19. The number of methoxy groups -OCH3 is 2. The monoisotopic (exact) mass is 418 g/mol. The van der Waals surface area contributed by atoms with Crippen LogP contribution in [0.3, 0.4) is 0 Å². The van der Waals surface area contributed by atoms with Gasteiger partial charge in [0.05, 0.1) is 36.6 Å². The van der Waals surface area contributed by atoms with Gasteiger partial charge in [0.1, 0.15) is 6.61 Å². The van der Waals surface area contributed by atoms with Crippen molar-refractivity contribution in [3.05, 3.63) is 46.7 Å². The van der Waals surface area contributed by atoms with Crippen LogP contribution in [0.4, 0.5) is 0 Å². The summed E-state index contributed by atoms with van der Waals surface area (Å²) in [7, 11) is 2.83. The van der Waals surface area contributed by atoms with Gasteiger partial charge < -0.3 is 14.2 Å². The van der Waals surface area contributed by atoms with Gasteiger partial charge in [-0.05, 0) is 24.6 Å². The summed E-state index contributed by atoms with van der Waals surface area (Å²) in [5.74, 6) is -0.478. The van der Waals surface area contributed by atoms with Crippen LogP contribution in [-0.4, -0.2) is 61.1 Å². The number of carbonyl (C=O) groups is 3. The Kier molecular flexibility index (Phi) is 6.71. The Morgan fingerprint density at radius 2 is 1.90 bits per heavy atom. The lowest BCUT2D eigenvalue weighted by Crippen LogP contribution is -2.45. The van der Waals surface area contributed by atoms with E-state index in [0.29, 0.717) is 39.7 Å². The lowest BCUT2D eigenvalue weighted by Gasteiger charge is -2.38. The van der Waals surface area contributed by atoms with Crippen molar-refractivity contribution in [2.45, 2.75) is 19.4 Å². The van der Waals surface area contributed by atoms with Crippen LogP contribution in [0, 0.1) is 0 Å². The zero-order chi connectivity index (χ0) is 21.0. The van der Waals surface area contributed by atoms with Gasteiger partial charge in [0.25, 0.3) is 0 Å². The van der Waals surface area contributed by atoms with Gasteiger partial charge in [-0.15, -0.1) is 0 Å². The van der Waals surface area contributed by atoms with E-state index < -0.39 is 18.0 Å². The van der Waals surface area contributed by atoms with Gasteiger partial charge in [-0.1, -0.05) is 23.9 Å². The fraction of sp³-hybridized carbons (Fsp3) is 0.400. The molecule has 0 radical (unpaired) electrons. The molecule has 0 saturated carbocycles. The number of nitrogens with zero attached hydrogens (tertiary/aromatic N) is 2. The molecule has 1 fully saturated rings. The molecule has 29 heavy (non-hydrogen) atoms. The number of carbonyl (C=O) groups excluding carboxylic acids is 3. The number of benzene rings is 1. The number of amidine groups is 1. The van der Waals surface area contributed by atoms with Crippen molar-refractivity contribution >= 4 is 34.8 Å². The summed E-state index contributed by atoms with van der Waals surface area (Å²) in [4.78, 5) is 43.3. The highest BCUT2D eigenvalue weighted by Gasteiger charge is 2.41. The Labute approximate surface area is 172 Å². The molecule has 1 saturated heterocycles. The number of ether oxygens (including phenoxy) is 3. The third kappa shape index (κ3) is 4.35. The van der Waals surface area contributed by atoms with Crippen molar-refractivity contribution in [1.82, 2.24) is 4.90 Å². The summed E-state index contributed by atoms with van der Waals surface area (Å²) in [5, 5.41) is 0.564. The van der Waals surface area contributed by atoms with Crippen LogP contribution in [0.5, 0.6) is 0 Å². The number of rotatable bonds is 6. The minimum Gasteiger partial charge on any atom is -0.465 e. The van der Waals surface area contributed by atoms with Gasteiger partial charge in [0.2, 0.25) is 5.91 Å². The summed E-state index contributed by atoms with van der Waals surface area (Å²) in [6.07, 6.45) is 0.353. The van der Waals surface area contributed by atoms with Crippen LogP contribution in [0.2, 0.25) is 0 Å². The highest BCUT2D eigenvalue weighted by Crippen LogP contribution is 2.40. The van der Waals surface area contributed by atoms with E-state index in [1.165, 1.54) is 26.0 Å². The summed E-state index contributed by atoms with van der Waals surface area (Å²) >= 11 is 1.47. The molecular formula is C20H22N2O6S. The quantitative estimate of drug-likeness (QED) is 0.517. The van der Waals surface area contributed by atoms with Crippen LogP contribution in [-0.2, 0) is 23.8 Å². The Morgan fingerprint density at radius 3 is 2.55 bits per heavy atom. The molecule has 2 heterocycles. The van der Waals surface area contributed by atoms with Gasteiger partial charge in [-0.3, -0.25) is 9.69 Å². The maximum absolute atomic E-state index is 12.8. The van der Waals surface area contributed by atoms with Crippen LogP contribution >= 0.6 is 11.8 Å². The van der Waals surface area contributed by atoms with E-state index in [1.54, 1.807) is 36.1 Å². The number of allylic oxidation sites excluding steroid dienone is 1. The predicted octanol–water partition coefficient (Wildman–Crippen LogP) is 2.31. The largest absolute Gasteiger partial charge is 0.465 e. The minimum absolute atomic E-state index is 0.0966. The molecule has 0 aliphatic carbocycles. The second-order valence-electron chi connectivity index (χ2n) is 6.40. The van der Waals surface area contributed by atoms with Crippen molar-refractivity contribution in [3.8, 4) is 0 Å². The number of fused-ring (bicyclic) bond motifs is 1. The third-order valence-corrected chi connectivity index (χ3v) is 5.55. The van der Waals surface area contributed by atoms with Gasteiger partial charge in [0.15, 0.2) is 5.17 Å². The highest BCUT2D eigenvalue weighted by atomic mass is 32.2. The van der Waals surface area contributed by atoms with E-state index in [-0.39, 0.29) is 19.1 Å². The molecule has 0 bridgehead atoms. The number of thioether (sulfide) groups is 1. The van der Waals surface area contributed by atoms with E-state index in [9.17, 15) is 14.4 Å². The molecule has 154 valence electrons. The van der Waals surface area contributed by atoms with Gasteiger partial charge in [-0.25, -0.2) is 14.6 Å². The molecule has 0 aromatic heterocycles. The lowest BCUT2D eigenvalue weighted by atomic mass is 9.93. The molecule has 2 aliphatic rings. The van der Waals surface area contributed by atoms with Crippen LogP contribution in [0.25, 0.3) is 0 Å². The first-order valence-electron chi connectivity index (χ1n) is 9.06. The van der Waals surface area contributed by atoms with Crippen molar-refractivity contribution in [2.24, 2.45) is 4.99 Å². The summed E-state index contributed by atoms with van der Waals surface area (Å²) in [6, 6.07) is 5.96. The molecule has 0 N–H and O–H groups in total. The number of hydrogen-bond acceptors (Lipinski definition) is 8. The van der Waals surface area contributed by atoms with Crippen molar-refractivity contribution in [1.29, 1.82) is 0 Å². The number of hydrogen-bond donors (Lipinski definition) is 0. The topological polar surface area (TPSA) is 94.5 Å². The first kappa shape index (κ1) is 21.1. The second-order valence-corrected chi connectivity index (χ2v) is 7.46. The van der Waals surface area contributed by atoms with Crippen molar-refractivity contribution < 1.29 is 28.6 Å². The fourth-order valence-corrected chi connectivity index (χ4v) is 4.19.